The van der Waals surface area contributed by atoms with Gasteiger partial charge in [-0.1, -0.05) is 15.9 Å². The van der Waals surface area contributed by atoms with Gasteiger partial charge in [0.05, 0.1) is 17.6 Å². The molecule has 0 spiro atoms. The van der Waals surface area contributed by atoms with Crippen molar-refractivity contribution in [2.45, 2.75) is 19.1 Å². The Bertz CT molecular complexity index is 577. The van der Waals surface area contributed by atoms with Crippen molar-refractivity contribution in [2.24, 2.45) is 0 Å². The van der Waals surface area contributed by atoms with Crippen LogP contribution in [0.4, 0.5) is 10.5 Å². The van der Waals surface area contributed by atoms with Crippen LogP contribution in [0.5, 0.6) is 5.75 Å². The molecule has 1 fully saturated rings. The predicted molar refractivity (Wildman–Crippen MR) is 75.2 cm³/mol. The average Bonchev–Trinajstić information content (AvgIpc) is 2.81. The lowest BCUT2D eigenvalue weighted by Crippen LogP contribution is -2.22. The number of aliphatic hydroxyl groups is 1. The number of ether oxygens (including phenoxy) is 2. The first kappa shape index (κ1) is 15.5. The molecule has 0 aromatic heterocycles. The first-order chi connectivity index (χ1) is 9.88. The van der Waals surface area contributed by atoms with Crippen molar-refractivity contribution in [3.8, 4) is 5.75 Å². The topological polar surface area (TPSA) is 111 Å². The molecule has 2 atom stereocenters. The summed E-state index contributed by atoms with van der Waals surface area (Å²) in [7, 11) is 0. The van der Waals surface area contributed by atoms with Crippen molar-refractivity contribution in [1.29, 1.82) is 0 Å². The lowest BCUT2D eigenvalue weighted by atomic mass is 10.1. The molecule has 1 aliphatic heterocycles. The van der Waals surface area contributed by atoms with Gasteiger partial charge in [0.15, 0.2) is 6.10 Å². The summed E-state index contributed by atoms with van der Waals surface area (Å²) in [5, 5.41) is 23.3. The standard InChI is InChI=1S/C12H13BrN2O6/c1-6(16)9-2-7(13)3-10(15(18)19)11(9)20-5-8-4-14-12(17)21-8/h2-3,6,8,16H,4-5H2,1H3,(H,14,17). The molecule has 21 heavy (non-hydrogen) atoms. The Morgan fingerprint density at radius 2 is 2.38 bits per heavy atom. The Morgan fingerprint density at radius 3 is 2.90 bits per heavy atom. The Morgan fingerprint density at radius 1 is 1.67 bits per heavy atom. The number of cyclic esters (lactones) is 1. The second-order valence-electron chi connectivity index (χ2n) is 4.50. The molecule has 1 amide bonds. The molecule has 0 aliphatic carbocycles. The number of nitrogens with zero attached hydrogens (tertiary/aromatic N) is 1. The van der Waals surface area contributed by atoms with Crippen LogP contribution in [0.2, 0.25) is 0 Å². The number of halogens is 1. The molecule has 1 aromatic carbocycles. The third kappa shape index (κ3) is 3.61. The van der Waals surface area contributed by atoms with Gasteiger partial charge >= 0.3 is 11.8 Å². The minimum Gasteiger partial charge on any atom is -0.483 e. The van der Waals surface area contributed by atoms with Gasteiger partial charge in [-0.15, -0.1) is 0 Å². The number of hydrogen-bond acceptors (Lipinski definition) is 6. The van der Waals surface area contributed by atoms with Crippen LogP contribution in [0.15, 0.2) is 16.6 Å². The van der Waals surface area contributed by atoms with Gasteiger partial charge < -0.3 is 19.9 Å². The number of carbonyl (C=O) groups excluding carboxylic acids is 1. The Kier molecular flexibility index (Phi) is 4.63. The Balaban J connectivity index is 2.26. The quantitative estimate of drug-likeness (QED) is 0.612. The van der Waals surface area contributed by atoms with Crippen molar-refractivity contribution in [3.63, 3.8) is 0 Å². The highest BCUT2D eigenvalue weighted by atomic mass is 79.9. The van der Waals surface area contributed by atoms with E-state index in [1.54, 1.807) is 6.07 Å². The second kappa shape index (κ2) is 6.27. The maximum atomic E-state index is 11.1. The second-order valence-corrected chi connectivity index (χ2v) is 5.41. The fraction of sp³-hybridized carbons (Fsp3) is 0.417. The van der Waals surface area contributed by atoms with Crippen molar-refractivity contribution in [3.05, 3.63) is 32.3 Å². The number of rotatable bonds is 5. The van der Waals surface area contributed by atoms with Gasteiger partial charge in [0, 0.05) is 16.1 Å². The molecule has 0 radical (unpaired) electrons. The van der Waals surface area contributed by atoms with Gasteiger partial charge in [0.25, 0.3) is 0 Å². The SMILES string of the molecule is CC(O)c1cc(Br)cc([N+](=O)[O-])c1OCC1CNC(=O)O1. The van der Waals surface area contributed by atoms with Crippen LogP contribution in [0.25, 0.3) is 0 Å². The van der Waals surface area contributed by atoms with Crippen molar-refractivity contribution < 1.29 is 24.3 Å². The molecule has 0 saturated carbocycles. The number of amides is 1. The smallest absolute Gasteiger partial charge is 0.407 e. The zero-order valence-corrected chi connectivity index (χ0v) is 12.6. The lowest BCUT2D eigenvalue weighted by Gasteiger charge is -2.16. The molecule has 1 saturated heterocycles. The zero-order valence-electron chi connectivity index (χ0n) is 11.0. The van der Waals surface area contributed by atoms with Gasteiger partial charge in [-0.3, -0.25) is 10.1 Å². The van der Waals surface area contributed by atoms with Gasteiger partial charge in [-0.25, -0.2) is 4.79 Å². The number of hydrogen-bond donors (Lipinski definition) is 2. The molecular weight excluding hydrogens is 348 g/mol. The summed E-state index contributed by atoms with van der Waals surface area (Å²) in [5.74, 6) is -0.0267. The molecule has 114 valence electrons. The van der Waals surface area contributed by atoms with E-state index < -0.39 is 23.2 Å². The number of alkyl carbamates (subject to hydrolysis) is 1. The van der Waals surface area contributed by atoms with Crippen LogP contribution < -0.4 is 10.1 Å². The summed E-state index contributed by atoms with van der Waals surface area (Å²) in [6, 6.07) is 2.84. The monoisotopic (exact) mass is 360 g/mol. The highest BCUT2D eigenvalue weighted by Gasteiger charge is 2.27. The number of aliphatic hydroxyl groups excluding tert-OH is 1. The summed E-state index contributed by atoms with van der Waals surface area (Å²) in [4.78, 5) is 21.4. The summed E-state index contributed by atoms with van der Waals surface area (Å²) in [5.41, 5.74) is 0.0194. The summed E-state index contributed by atoms with van der Waals surface area (Å²) >= 11 is 3.16. The third-order valence-corrected chi connectivity index (χ3v) is 3.33. The molecule has 2 rings (SSSR count). The van der Waals surface area contributed by atoms with Gasteiger partial charge in [0.1, 0.15) is 6.61 Å². The third-order valence-electron chi connectivity index (χ3n) is 2.87. The predicted octanol–water partition coefficient (Wildman–Crippen LogP) is 1.90. The normalized spacial score (nSPS) is 18.8. The molecular formula is C12H13BrN2O6. The Hall–Kier alpha value is -1.87. The van der Waals surface area contributed by atoms with E-state index >= 15 is 0 Å². The van der Waals surface area contributed by atoms with E-state index in [9.17, 15) is 20.0 Å². The molecule has 8 nitrogen and oxygen atoms in total. The maximum Gasteiger partial charge on any atom is 0.407 e. The number of nitro benzene ring substituents is 1. The minimum absolute atomic E-state index is 0.0267. The molecule has 9 heteroatoms. The maximum absolute atomic E-state index is 11.1. The van der Waals surface area contributed by atoms with Gasteiger partial charge in [-0.2, -0.15) is 0 Å². The number of benzene rings is 1. The van der Waals surface area contributed by atoms with E-state index in [-0.39, 0.29) is 30.2 Å². The lowest BCUT2D eigenvalue weighted by molar-refractivity contribution is -0.386. The summed E-state index contributed by atoms with van der Waals surface area (Å²) < 4.78 is 10.8. The largest absolute Gasteiger partial charge is 0.483 e. The van der Waals surface area contributed by atoms with Gasteiger partial charge in [0.2, 0.25) is 5.75 Å². The van der Waals surface area contributed by atoms with E-state index in [1.165, 1.54) is 13.0 Å². The van der Waals surface area contributed by atoms with E-state index in [4.69, 9.17) is 9.47 Å². The van der Waals surface area contributed by atoms with E-state index in [2.05, 4.69) is 21.2 Å². The van der Waals surface area contributed by atoms with Crippen molar-refractivity contribution in [2.75, 3.05) is 13.2 Å². The average molecular weight is 361 g/mol. The first-order valence-electron chi connectivity index (χ1n) is 6.11. The van der Waals surface area contributed by atoms with Crippen molar-refractivity contribution >= 4 is 27.7 Å². The van der Waals surface area contributed by atoms with Crippen LogP contribution in [0, 0.1) is 10.1 Å². The number of nitrogens with one attached hydrogen (secondary N) is 1. The van der Waals surface area contributed by atoms with Gasteiger partial charge in [-0.05, 0) is 13.0 Å². The molecule has 1 aromatic rings. The molecule has 0 bridgehead atoms. The van der Waals surface area contributed by atoms with Crippen molar-refractivity contribution in [1.82, 2.24) is 5.32 Å². The van der Waals surface area contributed by atoms with E-state index in [0.29, 0.717) is 4.47 Å². The van der Waals surface area contributed by atoms with Crippen LogP contribution in [0.1, 0.15) is 18.6 Å². The fourth-order valence-electron chi connectivity index (χ4n) is 1.90. The minimum atomic E-state index is -0.944. The summed E-state index contributed by atoms with van der Waals surface area (Å²) in [6.45, 7) is 1.71. The molecule has 1 aliphatic rings. The van der Waals surface area contributed by atoms with Crippen LogP contribution >= 0.6 is 15.9 Å². The number of nitro groups is 1. The van der Waals surface area contributed by atoms with Crippen LogP contribution in [0.3, 0.4) is 0 Å². The van der Waals surface area contributed by atoms with E-state index in [1.807, 2.05) is 0 Å². The number of carbonyl (C=O) groups is 1. The van der Waals surface area contributed by atoms with Crippen LogP contribution in [-0.4, -0.2) is 35.4 Å². The first-order valence-corrected chi connectivity index (χ1v) is 6.91. The molecule has 2 N–H and O–H groups in total. The molecule has 2 unspecified atom stereocenters. The highest BCUT2D eigenvalue weighted by Crippen LogP contribution is 2.38. The van der Waals surface area contributed by atoms with Crippen LogP contribution in [-0.2, 0) is 4.74 Å². The molecule has 1 heterocycles. The zero-order chi connectivity index (χ0) is 15.6. The van der Waals surface area contributed by atoms with E-state index in [0.717, 1.165) is 0 Å². The highest BCUT2D eigenvalue weighted by molar-refractivity contribution is 9.10. The fourth-order valence-corrected chi connectivity index (χ4v) is 2.37. The summed E-state index contributed by atoms with van der Waals surface area (Å²) in [6.07, 6.45) is -2.02. The Labute approximate surface area is 128 Å².